The molecule has 1 amide bonds. The predicted octanol–water partition coefficient (Wildman–Crippen LogP) is 3.00. The zero-order valence-corrected chi connectivity index (χ0v) is 16.3. The van der Waals surface area contributed by atoms with Gasteiger partial charge in [-0.2, -0.15) is 0 Å². The first-order chi connectivity index (χ1) is 11.8. The molecule has 0 aliphatic heterocycles. The summed E-state index contributed by atoms with van der Waals surface area (Å²) < 4.78 is 5.71. The highest BCUT2D eigenvalue weighted by atomic mass is 16.5. The van der Waals surface area contributed by atoms with E-state index in [1.54, 1.807) is 0 Å². The van der Waals surface area contributed by atoms with Gasteiger partial charge < -0.3 is 15.8 Å². The molecule has 2 unspecified atom stereocenters. The number of amides is 1. The van der Waals surface area contributed by atoms with Gasteiger partial charge in [-0.05, 0) is 37.7 Å². The van der Waals surface area contributed by atoms with Crippen molar-refractivity contribution in [1.29, 1.82) is 0 Å². The van der Waals surface area contributed by atoms with E-state index in [4.69, 9.17) is 10.5 Å². The number of hydrogen-bond donors (Lipinski definition) is 2. The Balaban J connectivity index is 2.06. The molecule has 1 fully saturated rings. The van der Waals surface area contributed by atoms with Gasteiger partial charge >= 0.3 is 0 Å². The van der Waals surface area contributed by atoms with Gasteiger partial charge in [0.2, 0.25) is 5.91 Å². The first kappa shape index (κ1) is 19.9. The first-order valence-electron chi connectivity index (χ1n) is 9.31. The Morgan fingerprint density at radius 3 is 2.56 bits per heavy atom. The van der Waals surface area contributed by atoms with Gasteiger partial charge in [-0.25, -0.2) is 0 Å². The van der Waals surface area contributed by atoms with Crippen molar-refractivity contribution < 1.29 is 9.53 Å². The van der Waals surface area contributed by atoms with Gasteiger partial charge in [0, 0.05) is 30.7 Å². The Morgan fingerprint density at radius 2 is 2.00 bits per heavy atom. The fourth-order valence-corrected chi connectivity index (χ4v) is 3.52. The van der Waals surface area contributed by atoms with E-state index in [-0.39, 0.29) is 17.4 Å². The van der Waals surface area contributed by atoms with E-state index in [9.17, 15) is 4.79 Å². The third-order valence-corrected chi connectivity index (χ3v) is 5.72. The zero-order chi connectivity index (χ0) is 18.7. The van der Waals surface area contributed by atoms with E-state index >= 15 is 0 Å². The van der Waals surface area contributed by atoms with Crippen molar-refractivity contribution in [1.82, 2.24) is 4.90 Å². The second kappa shape index (κ2) is 7.85. The van der Waals surface area contributed by atoms with Crippen LogP contribution in [0.3, 0.4) is 0 Å². The molecule has 0 aromatic heterocycles. The summed E-state index contributed by atoms with van der Waals surface area (Å²) in [5.74, 6) is -0.131. The van der Waals surface area contributed by atoms with Crippen LogP contribution in [0.2, 0.25) is 0 Å². The predicted molar refractivity (Wildman–Crippen MR) is 102 cm³/mol. The smallest absolute Gasteiger partial charge is 0.245 e. The SMILES string of the molecule is CCOC1CC(N)(C(=O)Nc2cccc(CN(CC)CC)c2)C1(C)C. The molecule has 2 rings (SSSR count). The van der Waals surface area contributed by atoms with Gasteiger partial charge in [-0.3, -0.25) is 9.69 Å². The number of nitrogens with two attached hydrogens (primary N) is 1. The van der Waals surface area contributed by atoms with Crippen LogP contribution < -0.4 is 11.1 Å². The van der Waals surface area contributed by atoms with E-state index < -0.39 is 5.54 Å². The number of nitrogens with zero attached hydrogens (tertiary/aromatic N) is 1. The number of nitrogens with one attached hydrogen (secondary N) is 1. The fraction of sp³-hybridized carbons (Fsp3) is 0.650. The second-order valence-corrected chi connectivity index (χ2v) is 7.46. The number of carbonyl (C=O) groups is 1. The standard InChI is InChI=1S/C20H33N3O2/c1-6-23(7-2)14-15-10-9-11-16(12-15)22-18(24)20(21)13-17(25-8-3)19(20,4)5/h9-12,17H,6-8,13-14,21H2,1-5H3,(H,22,24). The van der Waals surface area contributed by atoms with Crippen LogP contribution in [0.1, 0.15) is 46.6 Å². The highest BCUT2D eigenvalue weighted by Gasteiger charge is 2.62. The molecule has 5 nitrogen and oxygen atoms in total. The van der Waals surface area contributed by atoms with Gasteiger partial charge in [0.1, 0.15) is 5.54 Å². The van der Waals surface area contributed by atoms with Crippen molar-refractivity contribution in [2.45, 2.75) is 59.2 Å². The minimum absolute atomic E-state index is 0.0299. The fourth-order valence-electron chi connectivity index (χ4n) is 3.52. The van der Waals surface area contributed by atoms with Gasteiger partial charge in [0.05, 0.1) is 6.10 Å². The first-order valence-corrected chi connectivity index (χ1v) is 9.31. The molecule has 2 atom stereocenters. The van der Waals surface area contributed by atoms with Crippen LogP contribution in [0.15, 0.2) is 24.3 Å². The lowest BCUT2D eigenvalue weighted by Gasteiger charge is -2.57. The normalized spacial score (nSPS) is 24.8. The molecule has 0 heterocycles. The van der Waals surface area contributed by atoms with Crippen molar-refractivity contribution in [3.05, 3.63) is 29.8 Å². The largest absolute Gasteiger partial charge is 0.378 e. The summed E-state index contributed by atoms with van der Waals surface area (Å²) in [7, 11) is 0. The minimum atomic E-state index is -0.901. The van der Waals surface area contributed by atoms with Crippen molar-refractivity contribution in [2.24, 2.45) is 11.1 Å². The molecule has 1 aromatic carbocycles. The monoisotopic (exact) mass is 347 g/mol. The average molecular weight is 348 g/mol. The minimum Gasteiger partial charge on any atom is -0.378 e. The van der Waals surface area contributed by atoms with Crippen molar-refractivity contribution >= 4 is 11.6 Å². The molecule has 1 aliphatic rings. The van der Waals surface area contributed by atoms with Gasteiger partial charge in [0.25, 0.3) is 0 Å². The molecule has 140 valence electrons. The quantitative estimate of drug-likeness (QED) is 0.758. The maximum absolute atomic E-state index is 12.8. The van der Waals surface area contributed by atoms with Crippen molar-refractivity contribution in [2.75, 3.05) is 25.0 Å². The summed E-state index contributed by atoms with van der Waals surface area (Å²) >= 11 is 0. The van der Waals surface area contributed by atoms with Crippen LogP contribution in [0, 0.1) is 5.41 Å². The highest BCUT2D eigenvalue weighted by molar-refractivity contribution is 5.99. The third kappa shape index (κ3) is 3.89. The lowest BCUT2D eigenvalue weighted by molar-refractivity contribution is -0.166. The molecule has 1 aliphatic carbocycles. The molecule has 0 spiro atoms. The average Bonchev–Trinajstić information content (AvgIpc) is 2.59. The third-order valence-electron chi connectivity index (χ3n) is 5.72. The van der Waals surface area contributed by atoms with E-state index in [1.807, 2.05) is 39.0 Å². The van der Waals surface area contributed by atoms with Crippen LogP contribution in [0.4, 0.5) is 5.69 Å². The number of hydrogen-bond acceptors (Lipinski definition) is 4. The number of carbonyl (C=O) groups excluding carboxylic acids is 1. The Morgan fingerprint density at radius 1 is 1.32 bits per heavy atom. The van der Waals surface area contributed by atoms with Crippen LogP contribution in [-0.4, -0.2) is 42.1 Å². The molecule has 5 heteroatoms. The Labute approximate surface area is 151 Å². The summed E-state index contributed by atoms with van der Waals surface area (Å²) in [6.45, 7) is 13.8. The molecule has 0 bridgehead atoms. The molecule has 1 saturated carbocycles. The lowest BCUT2D eigenvalue weighted by atomic mass is 9.54. The summed E-state index contributed by atoms with van der Waals surface area (Å²) in [6.07, 6.45) is 0.584. The molecule has 0 saturated heterocycles. The molecule has 0 radical (unpaired) electrons. The molecular weight excluding hydrogens is 314 g/mol. The maximum atomic E-state index is 12.8. The molecule has 3 N–H and O–H groups in total. The Hall–Kier alpha value is -1.43. The van der Waals surface area contributed by atoms with E-state index in [1.165, 1.54) is 5.56 Å². The summed E-state index contributed by atoms with van der Waals surface area (Å²) in [6, 6.07) is 8.01. The topological polar surface area (TPSA) is 67.6 Å². The lowest BCUT2D eigenvalue weighted by Crippen LogP contribution is -2.74. The van der Waals surface area contributed by atoms with Crippen molar-refractivity contribution in [3.8, 4) is 0 Å². The van der Waals surface area contributed by atoms with E-state index in [0.29, 0.717) is 13.0 Å². The van der Waals surface area contributed by atoms with E-state index in [0.717, 1.165) is 25.3 Å². The molecule has 25 heavy (non-hydrogen) atoms. The number of benzene rings is 1. The number of anilines is 1. The summed E-state index contributed by atoms with van der Waals surface area (Å²) in [5.41, 5.74) is 7.16. The Kier molecular flexibility index (Phi) is 6.25. The van der Waals surface area contributed by atoms with E-state index in [2.05, 4.69) is 30.1 Å². The van der Waals surface area contributed by atoms with Gasteiger partial charge in [0.15, 0.2) is 0 Å². The molecular formula is C20H33N3O2. The summed E-state index contributed by atoms with van der Waals surface area (Å²) in [4.78, 5) is 15.2. The summed E-state index contributed by atoms with van der Waals surface area (Å²) in [5, 5.41) is 3.01. The van der Waals surface area contributed by atoms with Gasteiger partial charge in [-0.15, -0.1) is 0 Å². The van der Waals surface area contributed by atoms with Crippen molar-refractivity contribution in [3.63, 3.8) is 0 Å². The van der Waals surface area contributed by atoms with Crippen LogP contribution in [0.25, 0.3) is 0 Å². The highest BCUT2D eigenvalue weighted by Crippen LogP contribution is 2.50. The van der Waals surface area contributed by atoms with Crippen LogP contribution in [-0.2, 0) is 16.1 Å². The molecule has 1 aromatic rings. The number of rotatable bonds is 8. The van der Waals surface area contributed by atoms with Crippen LogP contribution >= 0.6 is 0 Å². The maximum Gasteiger partial charge on any atom is 0.245 e. The second-order valence-electron chi connectivity index (χ2n) is 7.46. The van der Waals surface area contributed by atoms with Crippen LogP contribution in [0.5, 0.6) is 0 Å². The van der Waals surface area contributed by atoms with Gasteiger partial charge in [-0.1, -0.05) is 39.8 Å². The zero-order valence-electron chi connectivity index (χ0n) is 16.3. The Bertz CT molecular complexity index is 598. The number of ether oxygens (including phenoxy) is 1.